The molecule has 1 aromatic carbocycles. The number of fused-ring (bicyclic) bond motifs is 1. The third-order valence-electron chi connectivity index (χ3n) is 5.08. The predicted octanol–water partition coefficient (Wildman–Crippen LogP) is 3.35. The summed E-state index contributed by atoms with van der Waals surface area (Å²) in [6.07, 6.45) is 0. The number of nitrogens with one attached hydrogen (secondary N) is 1. The molecule has 20 heavy (non-hydrogen) atoms. The van der Waals surface area contributed by atoms with E-state index in [0.29, 0.717) is 11.7 Å². The van der Waals surface area contributed by atoms with Crippen LogP contribution in [0, 0.1) is 22.2 Å². The largest absolute Gasteiger partial charge is 0.378 e. The molecule has 0 radical (unpaired) electrons. The van der Waals surface area contributed by atoms with E-state index in [4.69, 9.17) is 0 Å². The highest BCUT2D eigenvalue weighted by atomic mass is 15.1. The molecule has 1 fully saturated rings. The molecule has 0 unspecified atom stereocenters. The third kappa shape index (κ3) is 1.59. The molecule has 1 aliphatic carbocycles. The lowest BCUT2D eigenvalue weighted by atomic mass is 10.0. The van der Waals surface area contributed by atoms with Crippen LogP contribution in [-0.2, 0) is 0 Å². The fourth-order valence-corrected chi connectivity index (χ4v) is 2.98. The Kier molecular flexibility index (Phi) is 2.52. The molecule has 0 amide bonds. The molecule has 0 aliphatic heterocycles. The van der Waals surface area contributed by atoms with Crippen LogP contribution in [0.2, 0.25) is 0 Å². The van der Waals surface area contributed by atoms with E-state index >= 15 is 0 Å². The van der Waals surface area contributed by atoms with Gasteiger partial charge in [0.1, 0.15) is 6.07 Å². The summed E-state index contributed by atoms with van der Waals surface area (Å²) >= 11 is 0. The molecular formula is C16H18N4. The normalized spacial score (nSPS) is 19.6. The molecule has 2 aromatic rings. The summed E-state index contributed by atoms with van der Waals surface area (Å²) < 4.78 is 0. The van der Waals surface area contributed by atoms with Crippen LogP contribution in [0.3, 0.4) is 0 Å². The number of hydrogen-bond donors (Lipinski definition) is 1. The van der Waals surface area contributed by atoms with E-state index in [1.165, 1.54) is 0 Å². The zero-order chi connectivity index (χ0) is 14.5. The van der Waals surface area contributed by atoms with Crippen LogP contribution in [0.5, 0.6) is 0 Å². The predicted molar refractivity (Wildman–Crippen MR) is 79.2 cm³/mol. The zero-order valence-electron chi connectivity index (χ0n) is 12.2. The second-order valence-electron chi connectivity index (χ2n) is 6.57. The van der Waals surface area contributed by atoms with Crippen LogP contribution in [0.4, 0.5) is 5.69 Å². The standard InChI is InChI=1S/C16H18N4/c1-15(2)14(16(15,3)4)18-13-10-7-5-6-8-11(10)19-20-12(13)9-17/h5-8,14H,1-4H3,(H,18,19). The number of hydrogen-bond acceptors (Lipinski definition) is 4. The summed E-state index contributed by atoms with van der Waals surface area (Å²) in [5.41, 5.74) is 2.38. The number of aromatic nitrogens is 2. The second kappa shape index (κ2) is 3.92. The molecule has 3 rings (SSSR count). The fourth-order valence-electron chi connectivity index (χ4n) is 2.98. The molecule has 102 valence electrons. The van der Waals surface area contributed by atoms with E-state index in [9.17, 15) is 5.26 Å². The molecule has 1 heterocycles. The maximum Gasteiger partial charge on any atom is 0.186 e. The second-order valence-corrected chi connectivity index (χ2v) is 6.57. The highest BCUT2D eigenvalue weighted by Gasteiger charge is 2.65. The summed E-state index contributed by atoms with van der Waals surface area (Å²) in [7, 11) is 0. The first-order valence-electron chi connectivity index (χ1n) is 6.81. The monoisotopic (exact) mass is 266 g/mol. The first kappa shape index (κ1) is 12.9. The number of nitriles is 1. The fraction of sp³-hybridized carbons (Fsp3) is 0.438. The Morgan fingerprint density at radius 3 is 2.35 bits per heavy atom. The topological polar surface area (TPSA) is 61.6 Å². The van der Waals surface area contributed by atoms with E-state index in [1.54, 1.807) is 0 Å². The Bertz CT molecular complexity index is 711. The van der Waals surface area contributed by atoms with Crippen LogP contribution in [0.1, 0.15) is 33.4 Å². The van der Waals surface area contributed by atoms with Crippen LogP contribution in [0.25, 0.3) is 10.9 Å². The Morgan fingerprint density at radius 2 is 1.75 bits per heavy atom. The van der Waals surface area contributed by atoms with Crippen molar-refractivity contribution in [2.75, 3.05) is 5.32 Å². The molecule has 0 saturated heterocycles. The van der Waals surface area contributed by atoms with Gasteiger partial charge in [-0.2, -0.15) is 5.26 Å². The van der Waals surface area contributed by atoms with Crippen LogP contribution < -0.4 is 5.32 Å². The first-order valence-corrected chi connectivity index (χ1v) is 6.81. The number of benzene rings is 1. The zero-order valence-corrected chi connectivity index (χ0v) is 12.2. The summed E-state index contributed by atoms with van der Waals surface area (Å²) in [4.78, 5) is 0. The van der Waals surface area contributed by atoms with Crippen molar-refractivity contribution in [2.24, 2.45) is 10.8 Å². The Balaban J connectivity index is 2.10. The third-order valence-corrected chi connectivity index (χ3v) is 5.08. The van der Waals surface area contributed by atoms with Crippen LogP contribution >= 0.6 is 0 Å². The maximum absolute atomic E-state index is 9.28. The molecule has 1 N–H and O–H groups in total. The lowest BCUT2D eigenvalue weighted by Gasteiger charge is -2.11. The summed E-state index contributed by atoms with van der Waals surface area (Å²) in [6.45, 7) is 8.97. The van der Waals surface area contributed by atoms with Gasteiger partial charge in [0.15, 0.2) is 5.69 Å². The van der Waals surface area contributed by atoms with Crippen molar-refractivity contribution in [3.05, 3.63) is 30.0 Å². The molecule has 4 nitrogen and oxygen atoms in total. The molecule has 0 bridgehead atoms. The summed E-state index contributed by atoms with van der Waals surface area (Å²) in [5.74, 6) is 0. The van der Waals surface area contributed by atoms with Crippen LogP contribution in [0.15, 0.2) is 24.3 Å². The van der Waals surface area contributed by atoms with Crippen molar-refractivity contribution in [3.63, 3.8) is 0 Å². The van der Waals surface area contributed by atoms with Crippen molar-refractivity contribution in [2.45, 2.75) is 33.7 Å². The minimum Gasteiger partial charge on any atom is -0.378 e. The van der Waals surface area contributed by atoms with Gasteiger partial charge in [-0.3, -0.25) is 0 Å². The van der Waals surface area contributed by atoms with Gasteiger partial charge in [0.2, 0.25) is 0 Å². The van der Waals surface area contributed by atoms with Gasteiger partial charge in [-0.25, -0.2) is 0 Å². The maximum atomic E-state index is 9.28. The summed E-state index contributed by atoms with van der Waals surface area (Å²) in [5, 5.41) is 21.9. The Labute approximate surface area is 118 Å². The van der Waals surface area contributed by atoms with Gasteiger partial charge in [-0.05, 0) is 16.9 Å². The van der Waals surface area contributed by atoms with Gasteiger partial charge < -0.3 is 5.32 Å². The van der Waals surface area contributed by atoms with Gasteiger partial charge in [-0.1, -0.05) is 45.9 Å². The van der Waals surface area contributed by atoms with Crippen LogP contribution in [-0.4, -0.2) is 16.2 Å². The highest BCUT2D eigenvalue weighted by molar-refractivity contribution is 5.93. The van der Waals surface area contributed by atoms with Crippen molar-refractivity contribution in [1.29, 1.82) is 5.26 Å². The molecule has 1 saturated carbocycles. The number of anilines is 1. The SMILES string of the molecule is CC1(C)C(Nc2c(C#N)nnc3ccccc23)C1(C)C. The van der Waals surface area contributed by atoms with E-state index in [1.807, 2.05) is 24.3 Å². The summed E-state index contributed by atoms with van der Waals surface area (Å²) in [6, 6.07) is 10.3. The van der Waals surface area contributed by atoms with E-state index < -0.39 is 0 Å². The Morgan fingerprint density at radius 1 is 1.10 bits per heavy atom. The minimum absolute atomic E-state index is 0.199. The average molecular weight is 266 g/mol. The van der Waals surface area contributed by atoms with Crippen molar-refractivity contribution in [1.82, 2.24) is 10.2 Å². The van der Waals surface area contributed by atoms with Gasteiger partial charge in [0, 0.05) is 11.4 Å². The molecule has 0 spiro atoms. The lowest BCUT2D eigenvalue weighted by Crippen LogP contribution is -2.12. The smallest absolute Gasteiger partial charge is 0.186 e. The minimum atomic E-state index is 0.199. The molecule has 1 aliphatic rings. The van der Waals surface area contributed by atoms with Gasteiger partial charge >= 0.3 is 0 Å². The van der Waals surface area contributed by atoms with Gasteiger partial charge in [0.25, 0.3) is 0 Å². The highest BCUT2D eigenvalue weighted by Crippen LogP contribution is 2.64. The molecule has 4 heteroatoms. The van der Waals surface area contributed by atoms with E-state index in [-0.39, 0.29) is 10.8 Å². The van der Waals surface area contributed by atoms with Crippen molar-refractivity contribution >= 4 is 16.6 Å². The molecule has 1 aromatic heterocycles. The number of nitrogens with zero attached hydrogens (tertiary/aromatic N) is 3. The van der Waals surface area contributed by atoms with E-state index in [0.717, 1.165) is 16.6 Å². The average Bonchev–Trinajstić information content (AvgIpc) is 2.81. The van der Waals surface area contributed by atoms with Gasteiger partial charge in [-0.15, -0.1) is 10.2 Å². The quantitative estimate of drug-likeness (QED) is 0.905. The Hall–Kier alpha value is -2.15. The van der Waals surface area contributed by atoms with Crippen molar-refractivity contribution in [3.8, 4) is 6.07 Å². The first-order chi connectivity index (χ1) is 9.39. The van der Waals surface area contributed by atoms with E-state index in [2.05, 4.69) is 49.3 Å². The molecule has 0 atom stereocenters. The number of rotatable bonds is 2. The van der Waals surface area contributed by atoms with Gasteiger partial charge in [0.05, 0.1) is 11.2 Å². The lowest BCUT2D eigenvalue weighted by molar-refractivity contribution is 0.457. The van der Waals surface area contributed by atoms with Crippen molar-refractivity contribution < 1.29 is 0 Å². The molecular weight excluding hydrogens is 248 g/mol.